The van der Waals surface area contributed by atoms with E-state index < -0.39 is 54.4 Å². The molecule has 4 aromatic carbocycles. The van der Waals surface area contributed by atoms with Crippen molar-refractivity contribution in [1.29, 1.82) is 0 Å². The van der Waals surface area contributed by atoms with Crippen LogP contribution in [-0.2, 0) is 30.4 Å². The number of carbonyl (C=O) groups excluding carboxylic acids is 7. The highest BCUT2D eigenvalue weighted by molar-refractivity contribution is 6.08. The van der Waals surface area contributed by atoms with Gasteiger partial charge < -0.3 is 68.8 Å². The number of amides is 7. The van der Waals surface area contributed by atoms with Crippen LogP contribution < -0.4 is 49.4 Å². The molecule has 7 amide bonds. The summed E-state index contributed by atoms with van der Waals surface area (Å²) in [6, 6.07) is 17.4. The van der Waals surface area contributed by atoms with Crippen molar-refractivity contribution in [3.63, 3.8) is 0 Å². The third kappa shape index (κ3) is 13.7. The van der Waals surface area contributed by atoms with Gasteiger partial charge in [0.2, 0.25) is 11.8 Å². The summed E-state index contributed by atoms with van der Waals surface area (Å²) in [5, 5.41) is 20.1. The third-order valence-electron chi connectivity index (χ3n) is 17.4. The molecule has 10 rings (SSSR count). The number of anilines is 3. The van der Waals surface area contributed by atoms with E-state index in [2.05, 4.69) is 29.1 Å². The fourth-order valence-corrected chi connectivity index (χ4v) is 12.0. The number of fused-ring (bicyclic) bond motifs is 4. The standard InChI is InChI=1S/C66H77N7O16/c1-9-25-86-62(79)69-56(39(3)4)58(75)67-40(5)57(74)68-44-16-12-41(13-17-44)36-88-64(81)73-50-32-54(52(83-7)30-48(50)60(77)72-37-66(23-24-66)33-51(72)61(73)78)85-27-11-20-65(21-22-65)38-89-55-31-49-47(29-53(55)84-8)59(76)70-34-43(42-14-18-46(82-6)19-15-42)28-45(70)35-71(49)63(80)87-26-10-2/h9-10,12-19,29-32,34,39-40,45,51,56,61,78H,1-2,11,20-28,33,35-38H2,3-8H3,(H,67,75)(H,68,74)(H,69,79)/t40-,45-,51-,56-,61?/m0/s1. The van der Waals surface area contributed by atoms with Crippen LogP contribution in [0.3, 0.4) is 0 Å². The van der Waals surface area contributed by atoms with Gasteiger partial charge in [0.25, 0.3) is 11.8 Å². The number of ether oxygens (including phenoxy) is 8. The van der Waals surface area contributed by atoms with E-state index >= 15 is 0 Å². The number of alkyl carbamates (subject to hydrolysis) is 1. The Kier molecular flexibility index (Phi) is 18.8. The molecule has 5 atom stereocenters. The van der Waals surface area contributed by atoms with E-state index in [4.69, 9.17) is 37.9 Å². The van der Waals surface area contributed by atoms with Crippen LogP contribution >= 0.6 is 0 Å². The number of hydrogen-bond donors (Lipinski definition) is 4. The number of carbonyl (C=O) groups is 7. The summed E-state index contributed by atoms with van der Waals surface area (Å²) in [7, 11) is 4.56. The average molecular weight is 1220 g/mol. The second-order valence-electron chi connectivity index (χ2n) is 23.9. The fourth-order valence-electron chi connectivity index (χ4n) is 12.0. The summed E-state index contributed by atoms with van der Waals surface area (Å²) >= 11 is 0. The van der Waals surface area contributed by atoms with E-state index in [9.17, 15) is 38.7 Å². The van der Waals surface area contributed by atoms with E-state index in [0.29, 0.717) is 73.0 Å². The molecule has 1 spiro atoms. The van der Waals surface area contributed by atoms with E-state index in [1.807, 2.05) is 30.5 Å². The Bertz CT molecular complexity index is 3410. The van der Waals surface area contributed by atoms with Crippen LogP contribution in [0.2, 0.25) is 0 Å². The molecular formula is C66H77N7O16. The smallest absolute Gasteiger partial charge is 0.416 e. The monoisotopic (exact) mass is 1220 g/mol. The van der Waals surface area contributed by atoms with Crippen LogP contribution in [0.4, 0.5) is 31.4 Å². The van der Waals surface area contributed by atoms with E-state index in [1.54, 1.807) is 73.2 Å². The normalized spacial score (nSPS) is 19.6. The van der Waals surface area contributed by atoms with Crippen molar-refractivity contribution in [1.82, 2.24) is 20.4 Å². The van der Waals surface area contributed by atoms with Crippen molar-refractivity contribution in [2.24, 2.45) is 16.7 Å². The number of aliphatic hydroxyl groups is 1. The Balaban J connectivity index is 0.792. The first-order valence-corrected chi connectivity index (χ1v) is 29.9. The summed E-state index contributed by atoms with van der Waals surface area (Å²) in [5.41, 5.74) is 3.27. The van der Waals surface area contributed by atoms with Gasteiger partial charge in [-0.3, -0.25) is 24.1 Å². The Morgan fingerprint density at radius 2 is 1.40 bits per heavy atom. The predicted octanol–water partition coefficient (Wildman–Crippen LogP) is 8.98. The second-order valence-corrected chi connectivity index (χ2v) is 23.9. The SMILES string of the molecule is C=CCOC(=O)N[C@H](C(=O)N[C@@H](C)C(=O)Nc1ccc(COC(=O)N2c3cc(OCCCC4(COc5cc6c(cc5OC)C(=O)N5C=C(c7ccc(OC)cc7)C[C@H]5CN6C(=O)OCC=C)CC4)c(OC)cc3C(=O)N3CC4(CC4)C[C@H]3C2O)cc1)C(C)C. The molecule has 2 saturated carbocycles. The van der Waals surface area contributed by atoms with Gasteiger partial charge in [-0.15, -0.1) is 0 Å². The lowest BCUT2D eigenvalue weighted by molar-refractivity contribution is -0.128. The summed E-state index contributed by atoms with van der Waals surface area (Å²) in [6.45, 7) is 13.0. The van der Waals surface area contributed by atoms with Gasteiger partial charge in [0, 0.05) is 36.0 Å². The van der Waals surface area contributed by atoms with E-state index in [1.165, 1.54) is 44.3 Å². The number of nitrogens with zero attached hydrogens (tertiary/aromatic N) is 4. The van der Waals surface area contributed by atoms with Crippen molar-refractivity contribution in [2.75, 3.05) is 76.0 Å². The summed E-state index contributed by atoms with van der Waals surface area (Å²) in [6.07, 6.45) is 6.72. The molecule has 3 fully saturated rings. The maximum atomic E-state index is 14.5. The minimum atomic E-state index is -1.47. The predicted molar refractivity (Wildman–Crippen MR) is 328 cm³/mol. The number of nitrogens with one attached hydrogen (secondary N) is 3. The summed E-state index contributed by atoms with van der Waals surface area (Å²) < 4.78 is 46.4. The number of benzene rings is 4. The summed E-state index contributed by atoms with van der Waals surface area (Å²) in [4.78, 5) is 102. The molecule has 4 aliphatic heterocycles. The van der Waals surface area contributed by atoms with Crippen molar-refractivity contribution < 1.29 is 76.6 Å². The Morgan fingerprint density at radius 3 is 2.04 bits per heavy atom. The number of hydrogen-bond acceptors (Lipinski definition) is 16. The first-order valence-electron chi connectivity index (χ1n) is 29.9. The van der Waals surface area contributed by atoms with Crippen LogP contribution in [0.5, 0.6) is 28.7 Å². The lowest BCUT2D eigenvalue weighted by Crippen LogP contribution is -2.53. The van der Waals surface area contributed by atoms with Crippen LogP contribution in [0, 0.1) is 16.7 Å². The van der Waals surface area contributed by atoms with Gasteiger partial charge in [0.05, 0.1) is 75.7 Å². The largest absolute Gasteiger partial charge is 0.497 e. The molecule has 1 unspecified atom stereocenters. The molecule has 4 N–H and O–H groups in total. The van der Waals surface area contributed by atoms with E-state index in [-0.39, 0.29) is 95.9 Å². The molecule has 4 aromatic rings. The van der Waals surface area contributed by atoms with Crippen LogP contribution in [-0.4, -0.2) is 148 Å². The molecule has 0 bridgehead atoms. The number of methoxy groups -OCH3 is 3. The molecular weight excluding hydrogens is 1150 g/mol. The van der Waals surface area contributed by atoms with Gasteiger partial charge in [0.1, 0.15) is 37.7 Å². The van der Waals surface area contributed by atoms with Crippen molar-refractivity contribution >= 4 is 64.5 Å². The lowest BCUT2D eigenvalue weighted by Gasteiger charge is -2.31. The highest BCUT2D eigenvalue weighted by Crippen LogP contribution is 2.57. The van der Waals surface area contributed by atoms with Crippen molar-refractivity contribution in [3.05, 3.63) is 127 Å². The average Bonchev–Trinajstić information content (AvgIpc) is 1.59. The van der Waals surface area contributed by atoms with Gasteiger partial charge in [-0.1, -0.05) is 63.4 Å². The second kappa shape index (κ2) is 26.6. The third-order valence-corrected chi connectivity index (χ3v) is 17.4. The fraction of sp³-hybridized carbons (Fsp3) is 0.439. The zero-order valence-electron chi connectivity index (χ0n) is 51.0. The van der Waals surface area contributed by atoms with E-state index in [0.717, 1.165) is 41.7 Å². The minimum Gasteiger partial charge on any atom is -0.497 e. The Hall–Kier alpha value is -9.25. The van der Waals surface area contributed by atoms with Gasteiger partial charge in [0.15, 0.2) is 29.2 Å². The molecule has 0 aromatic heterocycles. The maximum Gasteiger partial charge on any atom is 0.416 e. The summed E-state index contributed by atoms with van der Waals surface area (Å²) in [5.74, 6) is -0.179. The quantitative estimate of drug-likeness (QED) is 0.0290. The topological polar surface area (TPSA) is 263 Å². The maximum absolute atomic E-state index is 14.5. The van der Waals surface area contributed by atoms with Gasteiger partial charge in [-0.05, 0) is 123 Å². The zero-order valence-corrected chi connectivity index (χ0v) is 51.0. The van der Waals surface area contributed by atoms with Crippen LogP contribution in [0.25, 0.3) is 5.57 Å². The molecule has 472 valence electrons. The zero-order chi connectivity index (χ0) is 63.3. The molecule has 6 aliphatic rings. The minimum absolute atomic E-state index is 0.0272. The molecule has 1 saturated heterocycles. The molecule has 23 heteroatoms. The molecule has 2 aliphatic carbocycles. The highest BCUT2D eigenvalue weighted by Gasteiger charge is 2.58. The molecule has 89 heavy (non-hydrogen) atoms. The number of rotatable bonds is 24. The van der Waals surface area contributed by atoms with Crippen LogP contribution in [0.1, 0.15) is 104 Å². The Labute approximate surface area is 516 Å². The van der Waals surface area contributed by atoms with Gasteiger partial charge in [-0.2, -0.15) is 0 Å². The highest BCUT2D eigenvalue weighted by atomic mass is 16.6. The molecule has 0 radical (unpaired) electrons. The van der Waals surface area contributed by atoms with Crippen molar-refractivity contribution in [3.8, 4) is 28.7 Å². The number of aliphatic hydroxyl groups excluding tert-OH is 1. The van der Waals surface area contributed by atoms with Crippen LogP contribution in [0.15, 0.2) is 104 Å². The molecule has 4 heterocycles. The first kappa shape index (κ1) is 62.8. The van der Waals surface area contributed by atoms with Gasteiger partial charge in [-0.25, -0.2) is 19.3 Å². The first-order chi connectivity index (χ1) is 42.8. The van der Waals surface area contributed by atoms with Crippen molar-refractivity contribution in [2.45, 2.75) is 109 Å². The Morgan fingerprint density at radius 1 is 0.742 bits per heavy atom. The lowest BCUT2D eigenvalue weighted by atomic mass is 10.0. The molecule has 23 nitrogen and oxygen atoms in total. The van der Waals surface area contributed by atoms with Gasteiger partial charge >= 0.3 is 18.3 Å².